The molecule has 11 heteroatoms. The maximum absolute atomic E-state index is 13.0. The maximum Gasteiger partial charge on any atom is 0.407 e. The summed E-state index contributed by atoms with van der Waals surface area (Å²) in [6.45, 7) is 1.97. The van der Waals surface area contributed by atoms with Crippen molar-refractivity contribution in [2.75, 3.05) is 26.2 Å². The molecule has 2 aliphatic heterocycles. The van der Waals surface area contributed by atoms with Crippen molar-refractivity contribution in [2.24, 2.45) is 0 Å². The number of benzene rings is 2. The minimum atomic E-state index is -0.963. The van der Waals surface area contributed by atoms with Crippen LogP contribution in [0.1, 0.15) is 21.5 Å². The average molecular weight is 464 g/mol. The zero-order valence-electron chi connectivity index (χ0n) is 17.9. The Hall–Kier alpha value is -4.38. The van der Waals surface area contributed by atoms with Crippen LogP contribution in [0.15, 0.2) is 42.3 Å². The van der Waals surface area contributed by atoms with Crippen LogP contribution in [-0.4, -0.2) is 68.0 Å². The number of phenolic OH excluding ortho intramolecular Hbond substituents is 1. The van der Waals surface area contributed by atoms with Crippen molar-refractivity contribution < 1.29 is 29.5 Å². The number of H-pyrrole nitrogens is 1. The normalized spacial score (nSPS) is 17.2. The lowest BCUT2D eigenvalue weighted by atomic mass is 10.0. The van der Waals surface area contributed by atoms with Gasteiger partial charge in [0.15, 0.2) is 5.76 Å². The second kappa shape index (κ2) is 8.19. The number of nitrogens with zero attached hydrogens (tertiary/aromatic N) is 3. The second-order valence-corrected chi connectivity index (χ2v) is 8.16. The van der Waals surface area contributed by atoms with Crippen molar-refractivity contribution >= 4 is 34.5 Å². The molecule has 1 aromatic heterocycles. The quantitative estimate of drug-likeness (QED) is 0.303. The number of aromatic nitrogens is 1. The molecule has 0 unspecified atom stereocenters. The van der Waals surface area contributed by atoms with Gasteiger partial charge in [0.05, 0.1) is 16.1 Å². The molecular weight excluding hydrogens is 444 g/mol. The van der Waals surface area contributed by atoms with E-state index in [1.165, 1.54) is 35.2 Å². The van der Waals surface area contributed by atoms with Crippen molar-refractivity contribution in [3.63, 3.8) is 0 Å². The molecule has 3 aromatic rings. The molecule has 11 nitrogen and oxygen atoms in total. The molecular formula is C23H20N4O7. The predicted molar refractivity (Wildman–Crippen MR) is 121 cm³/mol. The number of ether oxygens (including phenoxy) is 1. The van der Waals surface area contributed by atoms with E-state index in [2.05, 4.69) is 4.98 Å². The Kier molecular flexibility index (Phi) is 5.17. The second-order valence-electron chi connectivity index (χ2n) is 8.16. The number of ketones is 1. The number of fused-ring (bicyclic) bond motifs is 2. The van der Waals surface area contributed by atoms with Crippen LogP contribution >= 0.6 is 0 Å². The smallest absolute Gasteiger partial charge is 0.407 e. The van der Waals surface area contributed by atoms with Gasteiger partial charge in [-0.1, -0.05) is 0 Å². The summed E-state index contributed by atoms with van der Waals surface area (Å²) in [5.41, 5.74) is 1.94. The molecule has 174 valence electrons. The van der Waals surface area contributed by atoms with E-state index in [1.807, 2.05) is 4.90 Å². The number of rotatable bonds is 4. The number of phenols is 1. The lowest BCUT2D eigenvalue weighted by molar-refractivity contribution is -0.384. The summed E-state index contributed by atoms with van der Waals surface area (Å²) in [5.74, 6) is -0.0596. The lowest BCUT2D eigenvalue weighted by Crippen LogP contribution is -2.47. The van der Waals surface area contributed by atoms with Crippen molar-refractivity contribution in [3.8, 4) is 11.5 Å². The Morgan fingerprint density at radius 2 is 1.97 bits per heavy atom. The van der Waals surface area contributed by atoms with Crippen LogP contribution in [0.2, 0.25) is 0 Å². The molecule has 3 N–H and O–H groups in total. The maximum atomic E-state index is 13.0. The van der Waals surface area contributed by atoms with Gasteiger partial charge in [-0.15, -0.1) is 0 Å². The summed E-state index contributed by atoms with van der Waals surface area (Å²) < 4.78 is 5.90. The summed E-state index contributed by atoms with van der Waals surface area (Å²) in [5, 5.41) is 31.3. The third kappa shape index (κ3) is 3.71. The van der Waals surface area contributed by atoms with E-state index in [9.17, 15) is 24.8 Å². The van der Waals surface area contributed by atoms with Crippen LogP contribution in [0.5, 0.6) is 11.5 Å². The molecule has 2 aliphatic rings. The molecule has 0 atom stereocenters. The summed E-state index contributed by atoms with van der Waals surface area (Å²) >= 11 is 0. The van der Waals surface area contributed by atoms with Crippen LogP contribution in [0.3, 0.4) is 0 Å². The molecule has 5 rings (SSSR count). The van der Waals surface area contributed by atoms with Gasteiger partial charge in [0.1, 0.15) is 11.5 Å². The zero-order chi connectivity index (χ0) is 24.0. The van der Waals surface area contributed by atoms with Crippen LogP contribution in [0, 0.1) is 10.1 Å². The van der Waals surface area contributed by atoms with E-state index in [1.54, 1.807) is 12.3 Å². The van der Waals surface area contributed by atoms with Gasteiger partial charge in [0.25, 0.3) is 5.69 Å². The molecule has 1 fully saturated rings. The van der Waals surface area contributed by atoms with E-state index in [0.29, 0.717) is 60.3 Å². The number of hydrogen-bond donors (Lipinski definition) is 3. The number of carboxylic acid groups (broad SMARTS) is 1. The first-order chi connectivity index (χ1) is 16.3. The van der Waals surface area contributed by atoms with Crippen molar-refractivity contribution in [1.29, 1.82) is 0 Å². The van der Waals surface area contributed by atoms with Crippen molar-refractivity contribution in [3.05, 3.63) is 69.1 Å². The van der Waals surface area contributed by atoms with E-state index < -0.39 is 11.0 Å². The van der Waals surface area contributed by atoms with Gasteiger partial charge >= 0.3 is 6.09 Å². The van der Waals surface area contributed by atoms with Gasteiger partial charge in [-0.3, -0.25) is 19.8 Å². The van der Waals surface area contributed by atoms with Gasteiger partial charge in [0, 0.05) is 67.5 Å². The first-order valence-corrected chi connectivity index (χ1v) is 10.6. The van der Waals surface area contributed by atoms with Gasteiger partial charge in [-0.25, -0.2) is 4.79 Å². The monoisotopic (exact) mass is 464 g/mol. The lowest BCUT2D eigenvalue weighted by Gasteiger charge is -2.33. The number of carbonyl (C=O) groups excluding carboxylic acids is 1. The number of aromatic hydroxyl groups is 1. The summed E-state index contributed by atoms with van der Waals surface area (Å²) in [6, 6.07) is 7.37. The van der Waals surface area contributed by atoms with E-state index >= 15 is 0 Å². The first-order valence-electron chi connectivity index (χ1n) is 10.6. The topological polar surface area (TPSA) is 149 Å². The Morgan fingerprint density at radius 3 is 2.68 bits per heavy atom. The number of aromatic amines is 1. The molecule has 0 radical (unpaired) electrons. The zero-order valence-corrected chi connectivity index (χ0v) is 17.9. The third-order valence-corrected chi connectivity index (χ3v) is 6.14. The molecule has 2 aromatic carbocycles. The minimum absolute atomic E-state index is 0.0174. The van der Waals surface area contributed by atoms with Gasteiger partial charge in [0.2, 0.25) is 5.78 Å². The van der Waals surface area contributed by atoms with E-state index in [0.717, 1.165) is 0 Å². The fourth-order valence-electron chi connectivity index (χ4n) is 4.27. The molecule has 3 heterocycles. The predicted octanol–water partition coefficient (Wildman–Crippen LogP) is 3.19. The number of nitro groups is 1. The number of allylic oxidation sites excluding steroid dienone is 1. The first kappa shape index (κ1) is 21.5. The van der Waals surface area contributed by atoms with Gasteiger partial charge < -0.3 is 24.8 Å². The number of piperazine rings is 1. The highest BCUT2D eigenvalue weighted by molar-refractivity contribution is 6.15. The van der Waals surface area contributed by atoms with Crippen LogP contribution in [0.4, 0.5) is 10.5 Å². The van der Waals surface area contributed by atoms with Crippen LogP contribution < -0.4 is 4.74 Å². The SMILES string of the molecule is O=C1/C(=C/c2c[nH]c3ccc([N+](=O)[O-])cc23)Oc2c1ccc(O)c2CN1CCN(C(=O)O)CC1. The number of amides is 1. The molecule has 0 bridgehead atoms. The Balaban J connectivity index is 1.43. The summed E-state index contributed by atoms with van der Waals surface area (Å²) in [4.78, 5) is 41.2. The summed E-state index contributed by atoms with van der Waals surface area (Å²) in [6.07, 6.45) is 2.20. The minimum Gasteiger partial charge on any atom is -0.507 e. The standard InChI is InChI=1S/C23H20N4O7/c28-19-4-2-15-21(29)20(9-13-11-24-18-3-1-14(27(32)33)10-16(13)18)34-22(15)17(19)12-25-5-7-26(8-6-25)23(30)31/h1-4,9-11,24,28H,5-8,12H2,(H,30,31)/b20-9-. The number of Topliss-reactive ketones (excluding diaryl/α,β-unsaturated/α-hetero) is 1. The number of nitro benzene ring substituents is 1. The van der Waals surface area contributed by atoms with Crippen LogP contribution in [-0.2, 0) is 6.54 Å². The highest BCUT2D eigenvalue weighted by atomic mass is 16.6. The summed E-state index contributed by atoms with van der Waals surface area (Å²) in [7, 11) is 0. The molecule has 0 spiro atoms. The Morgan fingerprint density at radius 1 is 1.21 bits per heavy atom. The fourth-order valence-corrected chi connectivity index (χ4v) is 4.27. The molecule has 1 saturated heterocycles. The molecule has 1 amide bonds. The van der Waals surface area contributed by atoms with Crippen molar-refractivity contribution in [2.45, 2.75) is 6.54 Å². The fraction of sp³-hybridized carbons (Fsp3) is 0.217. The molecule has 0 aliphatic carbocycles. The number of non-ortho nitro benzene ring substituents is 1. The number of nitrogens with one attached hydrogen (secondary N) is 1. The average Bonchev–Trinajstić information content (AvgIpc) is 3.36. The highest BCUT2D eigenvalue weighted by Gasteiger charge is 2.32. The van der Waals surface area contributed by atoms with E-state index in [4.69, 9.17) is 9.84 Å². The number of carbonyl (C=O) groups is 2. The molecule has 0 saturated carbocycles. The van der Waals surface area contributed by atoms with Gasteiger partial charge in [-0.05, 0) is 24.3 Å². The van der Waals surface area contributed by atoms with Gasteiger partial charge in [-0.2, -0.15) is 0 Å². The largest absolute Gasteiger partial charge is 0.507 e. The number of hydrogen-bond acceptors (Lipinski definition) is 7. The van der Waals surface area contributed by atoms with Crippen LogP contribution in [0.25, 0.3) is 17.0 Å². The Labute approximate surface area is 192 Å². The Bertz CT molecular complexity index is 1370. The third-order valence-electron chi connectivity index (χ3n) is 6.14. The van der Waals surface area contributed by atoms with E-state index in [-0.39, 0.29) is 28.7 Å². The molecule has 34 heavy (non-hydrogen) atoms. The van der Waals surface area contributed by atoms with Crippen molar-refractivity contribution in [1.82, 2.24) is 14.8 Å². The highest BCUT2D eigenvalue weighted by Crippen LogP contribution is 2.40.